The molecule has 1 aliphatic rings. The van der Waals surface area contributed by atoms with Gasteiger partial charge in [-0.3, -0.25) is 9.59 Å². The Morgan fingerprint density at radius 2 is 1.94 bits per heavy atom. The Morgan fingerprint density at radius 1 is 1.16 bits per heavy atom. The van der Waals surface area contributed by atoms with Gasteiger partial charge in [-0.1, -0.05) is 19.9 Å². The van der Waals surface area contributed by atoms with Gasteiger partial charge in [0.05, 0.1) is 17.9 Å². The first-order valence-electron chi connectivity index (χ1n) is 10.9. The molecular weight excluding hydrogens is 402 g/mol. The van der Waals surface area contributed by atoms with Gasteiger partial charge >= 0.3 is 0 Å². The van der Waals surface area contributed by atoms with Crippen LogP contribution in [0, 0.1) is 12.3 Å². The number of anilines is 2. The molecule has 3 N–H and O–H groups in total. The Hall–Kier alpha value is -3.54. The van der Waals surface area contributed by atoms with Crippen molar-refractivity contribution in [2.75, 3.05) is 11.9 Å². The van der Waals surface area contributed by atoms with Crippen LogP contribution in [-0.4, -0.2) is 22.9 Å². The highest BCUT2D eigenvalue weighted by Crippen LogP contribution is 2.38. The molecule has 0 unspecified atom stereocenters. The summed E-state index contributed by atoms with van der Waals surface area (Å²) in [5, 5.41) is 3.32. The first kappa shape index (κ1) is 21.7. The summed E-state index contributed by atoms with van der Waals surface area (Å²) in [7, 11) is 0. The number of carbonyl (C=O) groups is 2. The Bertz CT molecular complexity index is 1210. The maximum Gasteiger partial charge on any atom is 0.250 e. The van der Waals surface area contributed by atoms with E-state index >= 15 is 0 Å². The lowest BCUT2D eigenvalue weighted by Gasteiger charge is -2.30. The van der Waals surface area contributed by atoms with Crippen molar-refractivity contribution in [1.82, 2.24) is 4.57 Å². The fraction of sp³-hybridized carbons (Fsp3) is 0.308. The lowest BCUT2D eigenvalue weighted by Crippen LogP contribution is -2.27. The van der Waals surface area contributed by atoms with E-state index in [0.29, 0.717) is 24.3 Å². The van der Waals surface area contributed by atoms with Crippen LogP contribution in [0.4, 0.5) is 11.4 Å². The van der Waals surface area contributed by atoms with Crippen molar-refractivity contribution in [1.29, 1.82) is 0 Å². The van der Waals surface area contributed by atoms with Gasteiger partial charge in [0.2, 0.25) is 0 Å². The molecule has 0 saturated heterocycles. The third-order valence-corrected chi connectivity index (χ3v) is 5.82. The van der Waals surface area contributed by atoms with Crippen LogP contribution < -0.4 is 15.8 Å². The van der Waals surface area contributed by atoms with Gasteiger partial charge in [-0.25, -0.2) is 0 Å². The van der Waals surface area contributed by atoms with E-state index in [2.05, 4.69) is 23.7 Å². The number of amides is 1. The van der Waals surface area contributed by atoms with Crippen molar-refractivity contribution in [3.63, 3.8) is 0 Å². The number of aromatic nitrogens is 1. The highest BCUT2D eigenvalue weighted by Gasteiger charge is 2.34. The summed E-state index contributed by atoms with van der Waals surface area (Å²) < 4.78 is 7.70. The minimum absolute atomic E-state index is 0.0966. The largest absolute Gasteiger partial charge is 0.494 e. The number of ketones is 1. The molecule has 3 aromatic rings. The highest BCUT2D eigenvalue weighted by atomic mass is 16.5. The molecule has 166 valence electrons. The summed E-state index contributed by atoms with van der Waals surface area (Å²) >= 11 is 0. The predicted octanol–water partition coefficient (Wildman–Crippen LogP) is 5.18. The van der Waals surface area contributed by atoms with Crippen LogP contribution in [0.3, 0.4) is 0 Å². The molecular formula is C26H29N3O3. The van der Waals surface area contributed by atoms with E-state index in [0.717, 1.165) is 40.5 Å². The first-order valence-corrected chi connectivity index (χ1v) is 10.9. The zero-order valence-electron chi connectivity index (χ0n) is 19.0. The number of nitrogens with zero attached hydrogens (tertiary/aromatic N) is 1. The number of primary amides is 1. The van der Waals surface area contributed by atoms with Crippen LogP contribution >= 0.6 is 0 Å². The average molecular weight is 432 g/mol. The molecule has 1 amide bonds. The number of hydrogen-bond donors (Lipinski definition) is 2. The van der Waals surface area contributed by atoms with Crippen molar-refractivity contribution in [2.24, 2.45) is 11.1 Å². The standard InChI is InChI=1S/C26H29N3O3/c1-5-32-19-8-6-7-17(12-19)28-22-13-18(9-10-20(22)25(27)31)29-16(2)11-21-23(29)14-26(3,4)15-24(21)30/h6-13,28H,5,14-15H2,1-4H3,(H2,27,31). The van der Waals surface area contributed by atoms with Crippen LogP contribution in [0.2, 0.25) is 0 Å². The topological polar surface area (TPSA) is 86.3 Å². The van der Waals surface area contributed by atoms with E-state index in [-0.39, 0.29) is 11.2 Å². The highest BCUT2D eigenvalue weighted by molar-refractivity contribution is 6.00. The van der Waals surface area contributed by atoms with Gasteiger partial charge in [-0.15, -0.1) is 0 Å². The minimum Gasteiger partial charge on any atom is -0.494 e. The predicted molar refractivity (Wildman–Crippen MR) is 126 cm³/mol. The van der Waals surface area contributed by atoms with Crippen molar-refractivity contribution < 1.29 is 14.3 Å². The van der Waals surface area contributed by atoms with Crippen molar-refractivity contribution in [3.05, 3.63) is 71.0 Å². The number of aryl methyl sites for hydroxylation is 1. The number of hydrogen-bond acceptors (Lipinski definition) is 4. The van der Waals surface area contributed by atoms with Crippen LogP contribution in [0.25, 0.3) is 5.69 Å². The molecule has 6 nitrogen and oxygen atoms in total. The second-order valence-corrected chi connectivity index (χ2v) is 9.10. The van der Waals surface area contributed by atoms with E-state index in [4.69, 9.17) is 10.5 Å². The molecule has 6 heteroatoms. The summed E-state index contributed by atoms with van der Waals surface area (Å²) in [6, 6.07) is 15.0. The van der Waals surface area contributed by atoms with Crippen LogP contribution in [0.15, 0.2) is 48.5 Å². The van der Waals surface area contributed by atoms with Gasteiger partial charge in [0.1, 0.15) is 5.75 Å². The fourth-order valence-corrected chi connectivity index (χ4v) is 4.49. The van der Waals surface area contributed by atoms with Crippen molar-refractivity contribution in [2.45, 2.75) is 40.5 Å². The second kappa shape index (κ2) is 8.19. The molecule has 1 aromatic heterocycles. The summed E-state index contributed by atoms with van der Waals surface area (Å²) in [6.07, 6.45) is 1.35. The van der Waals surface area contributed by atoms with E-state index in [9.17, 15) is 9.59 Å². The molecule has 4 rings (SSSR count). The SMILES string of the molecule is CCOc1cccc(Nc2cc(-n3c(C)cc4c3CC(C)(C)CC4=O)ccc2C(N)=O)c1. The second-order valence-electron chi connectivity index (χ2n) is 9.10. The zero-order chi connectivity index (χ0) is 23.0. The Morgan fingerprint density at radius 3 is 2.66 bits per heavy atom. The van der Waals surface area contributed by atoms with Gasteiger partial charge in [0.25, 0.3) is 5.91 Å². The lowest BCUT2D eigenvalue weighted by atomic mass is 9.76. The lowest BCUT2D eigenvalue weighted by molar-refractivity contribution is 0.0910. The Labute approximate surface area is 188 Å². The minimum atomic E-state index is -0.511. The summed E-state index contributed by atoms with van der Waals surface area (Å²) in [6.45, 7) is 8.74. The van der Waals surface area contributed by atoms with Gasteiger partial charge in [-0.05, 0) is 62.1 Å². The third kappa shape index (κ3) is 4.13. The molecule has 1 aliphatic carbocycles. The number of Topliss-reactive ketones (excluding diaryl/α,β-unsaturated/α-hetero) is 1. The Kier molecular flexibility index (Phi) is 5.55. The van der Waals surface area contributed by atoms with Gasteiger partial charge in [0, 0.05) is 40.8 Å². The first-order chi connectivity index (χ1) is 15.2. The molecule has 32 heavy (non-hydrogen) atoms. The normalized spacial score (nSPS) is 14.7. The van der Waals surface area contributed by atoms with Gasteiger partial charge < -0.3 is 20.4 Å². The summed E-state index contributed by atoms with van der Waals surface area (Å²) in [5.74, 6) is 0.408. The van der Waals surface area contributed by atoms with E-state index in [1.165, 1.54) is 0 Å². The summed E-state index contributed by atoms with van der Waals surface area (Å²) in [5.41, 5.74) is 11.0. The monoisotopic (exact) mass is 431 g/mol. The number of benzene rings is 2. The van der Waals surface area contributed by atoms with Crippen molar-refractivity contribution in [3.8, 4) is 11.4 Å². The Balaban J connectivity index is 1.79. The number of fused-ring (bicyclic) bond motifs is 1. The third-order valence-electron chi connectivity index (χ3n) is 5.82. The van der Waals surface area contributed by atoms with E-state index < -0.39 is 5.91 Å². The molecule has 0 bridgehead atoms. The van der Waals surface area contributed by atoms with Crippen LogP contribution in [-0.2, 0) is 6.42 Å². The maximum absolute atomic E-state index is 12.7. The number of ether oxygens (including phenoxy) is 1. The van der Waals surface area contributed by atoms with Gasteiger partial charge in [0.15, 0.2) is 5.78 Å². The molecule has 0 radical (unpaired) electrons. The zero-order valence-corrected chi connectivity index (χ0v) is 19.0. The number of carbonyl (C=O) groups excluding carboxylic acids is 2. The van der Waals surface area contributed by atoms with Gasteiger partial charge in [-0.2, -0.15) is 0 Å². The van der Waals surface area contributed by atoms with Crippen molar-refractivity contribution >= 4 is 23.1 Å². The van der Waals surface area contributed by atoms with E-state index in [1.54, 1.807) is 6.07 Å². The smallest absolute Gasteiger partial charge is 0.250 e. The number of rotatable bonds is 6. The fourth-order valence-electron chi connectivity index (χ4n) is 4.49. The number of nitrogens with two attached hydrogens (primary N) is 1. The summed E-state index contributed by atoms with van der Waals surface area (Å²) in [4.78, 5) is 24.8. The molecule has 0 aliphatic heterocycles. The maximum atomic E-state index is 12.7. The quantitative estimate of drug-likeness (QED) is 0.563. The molecule has 0 spiro atoms. The molecule has 0 fully saturated rings. The van der Waals surface area contributed by atoms with Crippen LogP contribution in [0.1, 0.15) is 59.3 Å². The molecule has 0 saturated carbocycles. The number of nitrogens with one attached hydrogen (secondary N) is 1. The molecule has 2 aromatic carbocycles. The van der Waals surface area contributed by atoms with Crippen LogP contribution in [0.5, 0.6) is 5.75 Å². The average Bonchev–Trinajstić information content (AvgIpc) is 3.03. The molecule has 0 atom stereocenters. The molecule has 1 heterocycles. The van der Waals surface area contributed by atoms with E-state index in [1.807, 2.05) is 56.3 Å².